The van der Waals surface area contributed by atoms with E-state index in [1.807, 2.05) is 0 Å². The maximum Gasteiger partial charge on any atom is 0.243 e. The van der Waals surface area contributed by atoms with Gasteiger partial charge in [0, 0.05) is 26.2 Å². The molecule has 1 amide bonds. The molecule has 1 aromatic rings. The average Bonchev–Trinajstić information content (AvgIpc) is 2.72. The van der Waals surface area contributed by atoms with Gasteiger partial charge in [0.05, 0.1) is 12.2 Å². The monoisotopic (exact) mass is 414 g/mol. The molecule has 0 saturated heterocycles. The van der Waals surface area contributed by atoms with Crippen LogP contribution in [0.25, 0.3) is 0 Å². The van der Waals surface area contributed by atoms with E-state index in [1.165, 1.54) is 11.1 Å². The van der Waals surface area contributed by atoms with Crippen LogP contribution in [0.4, 0.5) is 0 Å². The molecule has 166 valence electrons. The lowest BCUT2D eigenvalue weighted by molar-refractivity contribution is -0.127. The first-order valence-corrected chi connectivity index (χ1v) is 11.4. The third-order valence-corrected chi connectivity index (χ3v) is 6.04. The second kappa shape index (κ2) is 10.8. The Labute approximate surface area is 181 Å². The molecule has 0 spiro atoms. The van der Waals surface area contributed by atoms with Gasteiger partial charge in [0.1, 0.15) is 6.54 Å². The van der Waals surface area contributed by atoms with E-state index >= 15 is 0 Å². The van der Waals surface area contributed by atoms with Crippen molar-refractivity contribution in [3.8, 4) is 0 Å². The first-order valence-electron chi connectivity index (χ1n) is 11.4. The molecule has 1 aromatic carbocycles. The van der Waals surface area contributed by atoms with Crippen LogP contribution in [0, 0.1) is 0 Å². The van der Waals surface area contributed by atoms with Gasteiger partial charge in [0.15, 0.2) is 5.96 Å². The van der Waals surface area contributed by atoms with Crippen LogP contribution in [0.5, 0.6) is 0 Å². The van der Waals surface area contributed by atoms with Gasteiger partial charge < -0.3 is 20.3 Å². The molecule has 0 radical (unpaired) electrons. The predicted molar refractivity (Wildman–Crippen MR) is 122 cm³/mol. The molecule has 3 rings (SSSR count). The van der Waals surface area contributed by atoms with Gasteiger partial charge in [-0.2, -0.15) is 0 Å². The number of ether oxygens (including phenoxy) is 1. The largest absolute Gasteiger partial charge is 0.376 e. The summed E-state index contributed by atoms with van der Waals surface area (Å²) in [6.45, 7) is 4.36. The normalized spacial score (nSPS) is 24.3. The van der Waals surface area contributed by atoms with Crippen molar-refractivity contribution in [2.24, 2.45) is 4.99 Å². The molecule has 2 aliphatic carbocycles. The van der Waals surface area contributed by atoms with E-state index in [0.717, 1.165) is 50.9 Å². The Kier molecular flexibility index (Phi) is 8.14. The second-order valence-electron chi connectivity index (χ2n) is 9.11. The molecular weight excluding hydrogens is 376 g/mol. The molecule has 30 heavy (non-hydrogen) atoms. The number of benzene rings is 1. The van der Waals surface area contributed by atoms with E-state index in [1.54, 1.807) is 19.0 Å². The highest BCUT2D eigenvalue weighted by molar-refractivity contribution is 5.85. The van der Waals surface area contributed by atoms with Gasteiger partial charge in [-0.05, 0) is 69.9 Å². The van der Waals surface area contributed by atoms with Crippen molar-refractivity contribution < 1.29 is 9.53 Å². The third kappa shape index (κ3) is 6.73. The summed E-state index contributed by atoms with van der Waals surface area (Å²) in [6, 6.07) is 9.38. The molecule has 1 fully saturated rings. The molecule has 1 unspecified atom stereocenters. The number of carbonyl (C=O) groups excluding carboxylic acids is 1. The summed E-state index contributed by atoms with van der Waals surface area (Å²) in [7, 11) is 3.54. The lowest BCUT2D eigenvalue weighted by atomic mass is 9.88. The van der Waals surface area contributed by atoms with Crippen LogP contribution >= 0.6 is 0 Å². The first-order chi connectivity index (χ1) is 14.4. The highest BCUT2D eigenvalue weighted by atomic mass is 16.5. The number of nitrogens with one attached hydrogen (secondary N) is 2. The van der Waals surface area contributed by atoms with Crippen LogP contribution in [-0.2, 0) is 22.4 Å². The lowest BCUT2D eigenvalue weighted by Gasteiger charge is -2.33. The molecule has 0 aliphatic heterocycles. The SMILES string of the molecule is CC(C)OC1CCC(NC(=NCC(=O)N(C)C)NC2CCc3ccccc3C2)CC1. The van der Waals surface area contributed by atoms with E-state index in [2.05, 4.69) is 53.7 Å². The van der Waals surface area contributed by atoms with Gasteiger partial charge in [-0.15, -0.1) is 0 Å². The Hall–Kier alpha value is -2.08. The number of likely N-dealkylation sites (N-methyl/N-ethyl adjacent to an activating group) is 1. The Morgan fingerprint density at radius 1 is 1.07 bits per heavy atom. The number of aliphatic imine (C=N–C) groups is 1. The number of rotatable bonds is 6. The van der Waals surface area contributed by atoms with Crippen LogP contribution in [-0.4, -0.2) is 61.7 Å². The first kappa shape index (κ1) is 22.6. The summed E-state index contributed by atoms with van der Waals surface area (Å²) in [5.74, 6) is 0.780. The summed E-state index contributed by atoms with van der Waals surface area (Å²) < 4.78 is 5.98. The number of hydrogen-bond donors (Lipinski definition) is 2. The molecule has 0 aromatic heterocycles. The molecule has 6 nitrogen and oxygen atoms in total. The number of hydrogen-bond acceptors (Lipinski definition) is 3. The summed E-state index contributed by atoms with van der Waals surface area (Å²) >= 11 is 0. The molecule has 1 saturated carbocycles. The molecule has 2 N–H and O–H groups in total. The molecule has 0 bridgehead atoms. The Balaban J connectivity index is 1.60. The fourth-order valence-corrected chi connectivity index (χ4v) is 4.36. The van der Waals surface area contributed by atoms with Crippen LogP contribution < -0.4 is 10.6 Å². The van der Waals surface area contributed by atoms with E-state index in [9.17, 15) is 4.79 Å². The summed E-state index contributed by atoms with van der Waals surface area (Å²) in [5.41, 5.74) is 2.87. The van der Waals surface area contributed by atoms with E-state index in [-0.39, 0.29) is 18.6 Å². The number of carbonyl (C=O) groups is 1. The Morgan fingerprint density at radius 2 is 1.73 bits per heavy atom. The maximum absolute atomic E-state index is 12.1. The summed E-state index contributed by atoms with van der Waals surface area (Å²) in [4.78, 5) is 18.3. The predicted octanol–water partition coefficient (Wildman–Crippen LogP) is 2.90. The fourth-order valence-electron chi connectivity index (χ4n) is 4.36. The topological polar surface area (TPSA) is 66.0 Å². The highest BCUT2D eigenvalue weighted by Gasteiger charge is 2.25. The summed E-state index contributed by atoms with van der Waals surface area (Å²) in [6.07, 6.45) is 8.05. The molecule has 0 heterocycles. The highest BCUT2D eigenvalue weighted by Crippen LogP contribution is 2.23. The minimum Gasteiger partial charge on any atom is -0.376 e. The second-order valence-corrected chi connectivity index (χ2v) is 9.11. The van der Waals surface area contributed by atoms with Gasteiger partial charge >= 0.3 is 0 Å². The van der Waals surface area contributed by atoms with Gasteiger partial charge in [-0.25, -0.2) is 4.99 Å². The van der Waals surface area contributed by atoms with E-state index in [4.69, 9.17) is 4.74 Å². The van der Waals surface area contributed by atoms with Crippen molar-refractivity contribution in [2.75, 3.05) is 20.6 Å². The lowest BCUT2D eigenvalue weighted by Crippen LogP contribution is -2.50. The minimum absolute atomic E-state index is 0.0131. The minimum atomic E-state index is 0.0131. The average molecular weight is 415 g/mol. The van der Waals surface area contributed by atoms with E-state index < -0.39 is 0 Å². The number of fused-ring (bicyclic) bond motifs is 1. The van der Waals surface area contributed by atoms with Crippen LogP contribution in [0.3, 0.4) is 0 Å². The number of nitrogens with zero attached hydrogens (tertiary/aromatic N) is 2. The zero-order valence-corrected chi connectivity index (χ0v) is 19.0. The van der Waals surface area contributed by atoms with Crippen molar-refractivity contribution in [2.45, 2.75) is 83.1 Å². The molecule has 6 heteroatoms. The smallest absolute Gasteiger partial charge is 0.243 e. The standard InChI is InChI=1S/C24H38N4O2/c1-17(2)30-22-13-11-20(12-14-22)26-24(25-16-23(29)28(3)4)27-21-10-9-18-7-5-6-8-19(18)15-21/h5-8,17,20-22H,9-16H2,1-4H3,(H2,25,26,27). The van der Waals surface area contributed by atoms with Gasteiger partial charge in [-0.3, -0.25) is 4.79 Å². The summed E-state index contributed by atoms with van der Waals surface area (Å²) in [5, 5.41) is 7.23. The van der Waals surface area contributed by atoms with Crippen molar-refractivity contribution >= 4 is 11.9 Å². The van der Waals surface area contributed by atoms with Crippen molar-refractivity contribution in [1.29, 1.82) is 0 Å². The van der Waals surface area contributed by atoms with Crippen molar-refractivity contribution in [3.05, 3.63) is 35.4 Å². The zero-order chi connectivity index (χ0) is 21.5. The van der Waals surface area contributed by atoms with Crippen LogP contribution in [0.1, 0.15) is 57.1 Å². The van der Waals surface area contributed by atoms with E-state index in [0.29, 0.717) is 18.2 Å². The third-order valence-electron chi connectivity index (χ3n) is 6.04. The van der Waals surface area contributed by atoms with Gasteiger partial charge in [0.25, 0.3) is 0 Å². The number of amides is 1. The quantitative estimate of drug-likeness (QED) is 0.555. The Morgan fingerprint density at radius 3 is 2.40 bits per heavy atom. The van der Waals surface area contributed by atoms with Crippen LogP contribution in [0.15, 0.2) is 29.3 Å². The van der Waals surface area contributed by atoms with Gasteiger partial charge in [0.2, 0.25) is 5.91 Å². The van der Waals surface area contributed by atoms with Gasteiger partial charge in [-0.1, -0.05) is 24.3 Å². The number of aryl methyl sites for hydroxylation is 1. The number of guanidine groups is 1. The maximum atomic E-state index is 12.1. The zero-order valence-electron chi connectivity index (χ0n) is 19.0. The molecule has 2 aliphatic rings. The fraction of sp³-hybridized carbons (Fsp3) is 0.667. The molecule has 1 atom stereocenters. The van der Waals surface area contributed by atoms with Crippen molar-refractivity contribution in [1.82, 2.24) is 15.5 Å². The van der Waals surface area contributed by atoms with Crippen LogP contribution in [0.2, 0.25) is 0 Å². The molecular formula is C24H38N4O2. The Bertz CT molecular complexity index is 724. The van der Waals surface area contributed by atoms with Crippen molar-refractivity contribution in [3.63, 3.8) is 0 Å².